The molecule has 2 aromatic carbocycles. The maximum atomic E-state index is 13.2. The van der Waals surface area contributed by atoms with Gasteiger partial charge in [0.05, 0.1) is 22.7 Å². The number of nitrogens with zero attached hydrogens (tertiary/aromatic N) is 6. The van der Waals surface area contributed by atoms with Crippen LogP contribution in [-0.4, -0.2) is 76.2 Å². The van der Waals surface area contributed by atoms with Crippen LogP contribution in [0.25, 0.3) is 11.0 Å². The number of carbonyl (C=O) groups is 4. The third kappa shape index (κ3) is 6.69. The summed E-state index contributed by atoms with van der Waals surface area (Å²) in [5.41, 5.74) is 2.86. The predicted octanol–water partition coefficient (Wildman–Crippen LogP) is 3.78. The third-order valence-corrected chi connectivity index (χ3v) is 8.53. The molecule has 43 heavy (non-hydrogen) atoms. The van der Waals surface area contributed by atoms with Crippen molar-refractivity contribution < 1.29 is 19.2 Å². The summed E-state index contributed by atoms with van der Waals surface area (Å²) in [7, 11) is 1.78. The summed E-state index contributed by atoms with van der Waals surface area (Å²) in [6.07, 6.45) is 5.31. The van der Waals surface area contributed by atoms with E-state index in [4.69, 9.17) is 10.2 Å². The number of amides is 4. The molecule has 1 saturated carbocycles. The van der Waals surface area contributed by atoms with Gasteiger partial charge in [0.2, 0.25) is 23.7 Å². The Morgan fingerprint density at radius 3 is 2.30 bits per heavy atom. The van der Waals surface area contributed by atoms with Crippen LogP contribution in [0.5, 0.6) is 0 Å². The first-order valence-electron chi connectivity index (χ1n) is 14.9. The fourth-order valence-electron chi connectivity index (χ4n) is 5.91. The number of carbonyl (C=O) groups excluding carboxylic acids is 4. The Kier molecular flexibility index (Phi) is 9.04. The fourth-order valence-corrected chi connectivity index (χ4v) is 5.91. The van der Waals surface area contributed by atoms with Gasteiger partial charge in [0.25, 0.3) is 5.91 Å². The van der Waals surface area contributed by atoms with Gasteiger partial charge in [-0.1, -0.05) is 19.3 Å². The first-order valence-corrected chi connectivity index (χ1v) is 14.9. The van der Waals surface area contributed by atoms with Crippen molar-refractivity contribution in [2.45, 2.75) is 52.0 Å². The van der Waals surface area contributed by atoms with Crippen LogP contribution in [0.3, 0.4) is 0 Å². The molecule has 5 rings (SSSR count). The molecule has 1 aromatic heterocycles. The number of nitrogens with one attached hydrogen (secondary N) is 1. The zero-order valence-electron chi connectivity index (χ0n) is 24.7. The molecule has 1 aliphatic carbocycles. The van der Waals surface area contributed by atoms with E-state index in [-0.39, 0.29) is 42.6 Å². The van der Waals surface area contributed by atoms with Crippen LogP contribution in [0, 0.1) is 17.2 Å². The number of fused-ring (bicyclic) bond motifs is 1. The van der Waals surface area contributed by atoms with Gasteiger partial charge < -0.3 is 19.3 Å². The summed E-state index contributed by atoms with van der Waals surface area (Å²) in [6.45, 7) is 3.80. The molecule has 1 N–H and O–H groups in total. The van der Waals surface area contributed by atoms with Crippen LogP contribution in [0.2, 0.25) is 0 Å². The molecule has 0 radical (unpaired) electrons. The lowest BCUT2D eigenvalue weighted by Gasteiger charge is -2.34. The van der Waals surface area contributed by atoms with Gasteiger partial charge in [-0.25, -0.2) is 4.98 Å². The highest BCUT2D eigenvalue weighted by Gasteiger charge is 2.26. The highest BCUT2D eigenvalue weighted by molar-refractivity contribution is 6.04. The minimum Gasteiger partial charge on any atom is -0.339 e. The number of nitriles is 1. The van der Waals surface area contributed by atoms with E-state index in [1.807, 2.05) is 28.8 Å². The summed E-state index contributed by atoms with van der Waals surface area (Å²) < 4.78 is 1.81. The molecule has 2 heterocycles. The predicted molar refractivity (Wildman–Crippen MR) is 162 cm³/mol. The Balaban J connectivity index is 1.38. The van der Waals surface area contributed by atoms with Crippen molar-refractivity contribution in [1.29, 1.82) is 5.26 Å². The zero-order valence-corrected chi connectivity index (χ0v) is 24.7. The summed E-state index contributed by atoms with van der Waals surface area (Å²) in [5, 5.41) is 12.0. The Morgan fingerprint density at radius 2 is 1.65 bits per heavy atom. The van der Waals surface area contributed by atoms with Gasteiger partial charge in [0.15, 0.2) is 0 Å². The Hall–Kier alpha value is -4.72. The number of piperazine rings is 1. The van der Waals surface area contributed by atoms with Gasteiger partial charge in [-0.05, 0) is 55.3 Å². The zero-order chi connectivity index (χ0) is 30.5. The van der Waals surface area contributed by atoms with Crippen LogP contribution >= 0.6 is 0 Å². The maximum absolute atomic E-state index is 13.2. The molecule has 11 nitrogen and oxygen atoms in total. The summed E-state index contributed by atoms with van der Waals surface area (Å²) in [4.78, 5) is 61.0. The number of rotatable bonds is 7. The third-order valence-electron chi connectivity index (χ3n) is 8.53. The van der Waals surface area contributed by atoms with Crippen LogP contribution in [0.4, 0.5) is 11.6 Å². The second-order valence-corrected chi connectivity index (χ2v) is 11.3. The van der Waals surface area contributed by atoms with Crippen LogP contribution in [0.15, 0.2) is 42.5 Å². The molecule has 0 atom stereocenters. The van der Waals surface area contributed by atoms with Crippen molar-refractivity contribution >= 4 is 46.3 Å². The number of hydrogen-bond donors (Lipinski definition) is 1. The summed E-state index contributed by atoms with van der Waals surface area (Å²) in [6, 6.07) is 13.9. The molecule has 224 valence electrons. The monoisotopic (exact) mass is 583 g/mol. The molecule has 4 amide bonds. The Labute approximate surface area is 251 Å². The highest BCUT2D eigenvalue weighted by Crippen LogP contribution is 2.30. The largest absolute Gasteiger partial charge is 0.339 e. The number of anilines is 2. The van der Waals surface area contributed by atoms with Gasteiger partial charge in [-0.3, -0.25) is 24.5 Å². The molecular formula is C32H37N7O4. The molecule has 1 saturated heterocycles. The van der Waals surface area contributed by atoms with E-state index in [2.05, 4.69) is 5.32 Å². The van der Waals surface area contributed by atoms with Crippen molar-refractivity contribution in [2.24, 2.45) is 5.92 Å². The molecule has 0 spiro atoms. The fraction of sp³-hybridized carbons (Fsp3) is 0.438. The molecule has 0 unspecified atom stereocenters. The Morgan fingerprint density at radius 1 is 0.977 bits per heavy atom. The molecule has 2 aliphatic rings. The van der Waals surface area contributed by atoms with Crippen molar-refractivity contribution in [2.75, 3.05) is 43.4 Å². The average molecular weight is 584 g/mol. The lowest BCUT2D eigenvalue weighted by atomic mass is 9.88. The van der Waals surface area contributed by atoms with Crippen molar-refractivity contribution in [3.63, 3.8) is 0 Å². The summed E-state index contributed by atoms with van der Waals surface area (Å²) >= 11 is 0. The first kappa shape index (κ1) is 29.8. The van der Waals surface area contributed by atoms with Gasteiger partial charge in [-0.2, -0.15) is 5.26 Å². The van der Waals surface area contributed by atoms with Gasteiger partial charge in [0, 0.05) is 70.3 Å². The minimum absolute atomic E-state index is 0.00471. The van der Waals surface area contributed by atoms with Gasteiger partial charge in [0.1, 0.15) is 0 Å². The molecular weight excluding hydrogens is 546 g/mol. The minimum atomic E-state index is -0.391. The molecule has 3 aromatic rings. The Bertz CT molecular complexity index is 1560. The SMILES string of the molecule is CC(=O)N1CCN(C(=O)CCn2c(NC(=O)c3ccc(C#N)cc3)nc3cc(N(C)C(=O)C4CCCCC4)ccc32)CC1. The first-order chi connectivity index (χ1) is 20.7. The van der Waals surface area contributed by atoms with Crippen molar-refractivity contribution in [3.05, 3.63) is 53.6 Å². The van der Waals surface area contributed by atoms with E-state index in [1.54, 1.807) is 46.0 Å². The lowest BCUT2D eigenvalue weighted by molar-refractivity contribution is -0.138. The van der Waals surface area contributed by atoms with Crippen molar-refractivity contribution in [3.8, 4) is 6.07 Å². The number of aryl methyl sites for hydroxylation is 1. The second kappa shape index (κ2) is 13.1. The number of imidazole rings is 1. The quantitative estimate of drug-likeness (QED) is 0.450. The van der Waals surface area contributed by atoms with Crippen LogP contribution in [0.1, 0.15) is 61.4 Å². The normalized spacial score (nSPS) is 15.7. The van der Waals surface area contributed by atoms with Crippen LogP contribution < -0.4 is 10.2 Å². The topological polar surface area (TPSA) is 132 Å². The smallest absolute Gasteiger partial charge is 0.257 e. The molecule has 11 heteroatoms. The summed E-state index contributed by atoms with van der Waals surface area (Å²) in [5.74, 6) is -0.00987. The number of benzene rings is 2. The lowest BCUT2D eigenvalue weighted by Crippen LogP contribution is -2.50. The highest BCUT2D eigenvalue weighted by atomic mass is 16.2. The van der Waals surface area contributed by atoms with E-state index >= 15 is 0 Å². The van der Waals surface area contributed by atoms with E-state index in [0.29, 0.717) is 42.8 Å². The van der Waals surface area contributed by atoms with Gasteiger partial charge >= 0.3 is 0 Å². The maximum Gasteiger partial charge on any atom is 0.257 e. The second-order valence-electron chi connectivity index (χ2n) is 11.3. The van der Waals surface area contributed by atoms with E-state index in [9.17, 15) is 19.2 Å². The van der Waals surface area contributed by atoms with E-state index in [0.717, 1.165) is 36.9 Å². The number of aromatic nitrogens is 2. The number of hydrogen-bond acceptors (Lipinski definition) is 6. The molecule has 0 bridgehead atoms. The van der Waals surface area contributed by atoms with Crippen molar-refractivity contribution in [1.82, 2.24) is 19.4 Å². The average Bonchev–Trinajstić information content (AvgIpc) is 3.39. The molecule has 2 fully saturated rings. The molecule has 1 aliphatic heterocycles. The standard InChI is InChI=1S/C32H37N7O4/c1-22(40)37-16-18-38(19-17-37)29(41)14-15-39-28-13-12-26(36(2)31(43)25-6-4-3-5-7-25)20-27(28)34-32(39)35-30(42)24-10-8-23(21-33)9-11-24/h8-13,20,25H,3-7,14-19H2,1-2H3,(H,34,35,42). The van der Waals surface area contributed by atoms with E-state index < -0.39 is 5.91 Å². The van der Waals surface area contributed by atoms with E-state index in [1.165, 1.54) is 13.3 Å². The van der Waals surface area contributed by atoms with Crippen LogP contribution in [-0.2, 0) is 20.9 Å². The van der Waals surface area contributed by atoms with Gasteiger partial charge in [-0.15, -0.1) is 0 Å².